The average Bonchev–Trinajstić information content (AvgIpc) is 2.45. The van der Waals surface area contributed by atoms with E-state index in [0.717, 1.165) is 24.3 Å². The number of hydrogen-bond donors (Lipinski definition) is 2. The highest BCUT2D eigenvalue weighted by atomic mass is 32.2. The molecule has 0 fully saturated rings. The van der Waals surface area contributed by atoms with Crippen LogP contribution in [-0.2, 0) is 10.0 Å². The standard InChI is InChI=1S/C14H12F3NO3S/c15-10-5-2-1-4-9(10)13(19)8-18-22(20,21)14-11(16)6-3-7-12(14)17/h1-7,13,18-19H,8H2. The molecule has 22 heavy (non-hydrogen) atoms. The maximum absolute atomic E-state index is 13.5. The largest absolute Gasteiger partial charge is 0.387 e. The van der Waals surface area contributed by atoms with Crippen molar-refractivity contribution in [2.24, 2.45) is 0 Å². The minimum absolute atomic E-state index is 0.126. The van der Waals surface area contributed by atoms with Gasteiger partial charge in [0.05, 0.1) is 6.10 Å². The van der Waals surface area contributed by atoms with Gasteiger partial charge in [-0.2, -0.15) is 0 Å². The molecule has 0 saturated heterocycles. The predicted molar refractivity (Wildman–Crippen MR) is 72.9 cm³/mol. The van der Waals surface area contributed by atoms with Crippen LogP contribution in [0.25, 0.3) is 0 Å². The van der Waals surface area contributed by atoms with Crippen molar-refractivity contribution in [3.8, 4) is 0 Å². The molecule has 2 aromatic carbocycles. The van der Waals surface area contributed by atoms with Crippen LogP contribution in [0.3, 0.4) is 0 Å². The number of hydrogen-bond acceptors (Lipinski definition) is 3. The Morgan fingerprint density at radius 1 is 0.955 bits per heavy atom. The fraction of sp³-hybridized carbons (Fsp3) is 0.143. The Kier molecular flexibility index (Phi) is 4.84. The molecule has 0 heterocycles. The SMILES string of the molecule is O=S(=O)(NCC(O)c1ccccc1F)c1c(F)cccc1F. The third-order valence-electron chi connectivity index (χ3n) is 2.92. The van der Waals surface area contributed by atoms with E-state index in [1.165, 1.54) is 18.2 Å². The van der Waals surface area contributed by atoms with Gasteiger partial charge in [-0.05, 0) is 18.2 Å². The van der Waals surface area contributed by atoms with Gasteiger partial charge < -0.3 is 5.11 Å². The summed E-state index contributed by atoms with van der Waals surface area (Å²) >= 11 is 0. The molecule has 0 aliphatic rings. The maximum Gasteiger partial charge on any atom is 0.246 e. The first-order chi connectivity index (χ1) is 10.3. The smallest absolute Gasteiger partial charge is 0.246 e. The Morgan fingerprint density at radius 2 is 1.50 bits per heavy atom. The van der Waals surface area contributed by atoms with Crippen molar-refractivity contribution in [1.82, 2.24) is 4.72 Å². The summed E-state index contributed by atoms with van der Waals surface area (Å²) < 4.78 is 66.1. The van der Waals surface area contributed by atoms with E-state index in [1.807, 2.05) is 4.72 Å². The Labute approximate surface area is 125 Å². The molecular formula is C14H12F3NO3S. The van der Waals surface area contributed by atoms with Crippen molar-refractivity contribution in [1.29, 1.82) is 0 Å². The number of rotatable bonds is 5. The van der Waals surface area contributed by atoms with Gasteiger partial charge in [0.15, 0.2) is 4.90 Å². The second-order valence-corrected chi connectivity index (χ2v) is 6.14. The second kappa shape index (κ2) is 6.47. The lowest BCUT2D eigenvalue weighted by Gasteiger charge is -2.14. The van der Waals surface area contributed by atoms with Crippen LogP contribution in [0.15, 0.2) is 47.4 Å². The van der Waals surface area contributed by atoms with Crippen LogP contribution in [0.2, 0.25) is 0 Å². The molecule has 1 unspecified atom stereocenters. The summed E-state index contributed by atoms with van der Waals surface area (Å²) in [6.07, 6.45) is -1.49. The number of aliphatic hydroxyl groups is 1. The summed E-state index contributed by atoms with van der Waals surface area (Å²) in [4.78, 5) is -1.14. The molecule has 0 spiro atoms. The van der Waals surface area contributed by atoms with E-state index in [2.05, 4.69) is 0 Å². The van der Waals surface area contributed by atoms with Gasteiger partial charge in [-0.1, -0.05) is 24.3 Å². The van der Waals surface area contributed by atoms with Crippen LogP contribution >= 0.6 is 0 Å². The first-order valence-electron chi connectivity index (χ1n) is 6.19. The minimum Gasteiger partial charge on any atom is -0.387 e. The summed E-state index contributed by atoms with van der Waals surface area (Å²) in [5.74, 6) is -3.23. The molecule has 0 radical (unpaired) electrons. The van der Waals surface area contributed by atoms with Gasteiger partial charge in [0.2, 0.25) is 10.0 Å². The molecule has 0 aliphatic carbocycles. The van der Waals surface area contributed by atoms with Crippen molar-refractivity contribution in [3.63, 3.8) is 0 Å². The molecule has 8 heteroatoms. The van der Waals surface area contributed by atoms with Gasteiger partial charge in [-0.15, -0.1) is 0 Å². The monoisotopic (exact) mass is 331 g/mol. The predicted octanol–water partition coefficient (Wildman–Crippen LogP) is 2.12. The number of sulfonamides is 1. The van der Waals surface area contributed by atoms with E-state index in [1.54, 1.807) is 0 Å². The highest BCUT2D eigenvalue weighted by Crippen LogP contribution is 2.20. The molecule has 118 valence electrons. The van der Waals surface area contributed by atoms with Gasteiger partial charge in [0.25, 0.3) is 0 Å². The normalized spacial score (nSPS) is 13.1. The highest BCUT2D eigenvalue weighted by molar-refractivity contribution is 7.89. The van der Waals surface area contributed by atoms with Gasteiger partial charge in [-0.25, -0.2) is 26.3 Å². The maximum atomic E-state index is 13.5. The quantitative estimate of drug-likeness (QED) is 0.882. The highest BCUT2D eigenvalue weighted by Gasteiger charge is 2.25. The molecular weight excluding hydrogens is 319 g/mol. The van der Waals surface area contributed by atoms with Crippen LogP contribution < -0.4 is 4.72 Å². The Hall–Kier alpha value is -1.90. The van der Waals surface area contributed by atoms with Crippen LogP contribution in [0.5, 0.6) is 0 Å². The molecule has 4 nitrogen and oxygen atoms in total. The lowest BCUT2D eigenvalue weighted by molar-refractivity contribution is 0.177. The first kappa shape index (κ1) is 16.5. The zero-order valence-corrected chi connectivity index (χ0v) is 11.9. The summed E-state index contributed by atoms with van der Waals surface area (Å²) in [7, 11) is -4.52. The van der Waals surface area contributed by atoms with Gasteiger partial charge >= 0.3 is 0 Å². The van der Waals surface area contributed by atoms with Crippen LogP contribution in [0, 0.1) is 17.5 Å². The van der Waals surface area contributed by atoms with Crippen molar-refractivity contribution < 1.29 is 26.7 Å². The van der Waals surface area contributed by atoms with Crippen LogP contribution in [0.1, 0.15) is 11.7 Å². The molecule has 1 atom stereocenters. The van der Waals surface area contributed by atoms with Crippen molar-refractivity contribution >= 4 is 10.0 Å². The second-order valence-electron chi connectivity index (χ2n) is 4.44. The zero-order valence-electron chi connectivity index (χ0n) is 11.1. The van der Waals surface area contributed by atoms with Gasteiger partial charge in [0, 0.05) is 12.1 Å². The van der Waals surface area contributed by atoms with E-state index < -0.39 is 45.0 Å². The molecule has 0 aliphatic heterocycles. The third kappa shape index (κ3) is 3.46. The fourth-order valence-electron chi connectivity index (χ4n) is 1.86. The molecule has 0 bridgehead atoms. The van der Waals surface area contributed by atoms with E-state index in [0.29, 0.717) is 0 Å². The fourth-order valence-corrected chi connectivity index (χ4v) is 3.03. The first-order valence-corrected chi connectivity index (χ1v) is 7.67. The number of benzene rings is 2. The summed E-state index contributed by atoms with van der Waals surface area (Å²) in [6, 6.07) is 7.87. The van der Waals surface area contributed by atoms with Gasteiger partial charge in [-0.3, -0.25) is 0 Å². The van der Waals surface area contributed by atoms with E-state index >= 15 is 0 Å². The lowest BCUT2D eigenvalue weighted by atomic mass is 10.1. The number of halogens is 3. The molecule has 0 amide bonds. The minimum atomic E-state index is -4.52. The zero-order chi connectivity index (χ0) is 16.3. The summed E-state index contributed by atoms with van der Waals surface area (Å²) in [6.45, 7) is -0.628. The molecule has 0 aromatic heterocycles. The van der Waals surface area contributed by atoms with Gasteiger partial charge in [0.1, 0.15) is 17.5 Å². The van der Waals surface area contributed by atoms with Crippen molar-refractivity contribution in [2.45, 2.75) is 11.0 Å². The molecule has 2 rings (SSSR count). The summed E-state index contributed by atoms with van der Waals surface area (Å²) in [5.41, 5.74) is -0.126. The van der Waals surface area contributed by atoms with E-state index in [9.17, 15) is 26.7 Å². The Morgan fingerprint density at radius 3 is 2.09 bits per heavy atom. The topological polar surface area (TPSA) is 66.4 Å². The third-order valence-corrected chi connectivity index (χ3v) is 4.39. The Bertz CT molecular complexity index is 760. The number of aliphatic hydroxyl groups excluding tert-OH is 1. The van der Waals surface area contributed by atoms with E-state index in [-0.39, 0.29) is 5.56 Å². The lowest BCUT2D eigenvalue weighted by Crippen LogP contribution is -2.30. The van der Waals surface area contributed by atoms with Crippen molar-refractivity contribution in [2.75, 3.05) is 6.54 Å². The molecule has 2 aromatic rings. The molecule has 2 N–H and O–H groups in total. The molecule has 0 saturated carbocycles. The van der Waals surface area contributed by atoms with Crippen LogP contribution in [0.4, 0.5) is 13.2 Å². The average molecular weight is 331 g/mol. The van der Waals surface area contributed by atoms with Crippen LogP contribution in [-0.4, -0.2) is 20.1 Å². The Balaban J connectivity index is 2.19. The summed E-state index contributed by atoms with van der Waals surface area (Å²) in [5, 5.41) is 9.80. The van der Waals surface area contributed by atoms with Crippen molar-refractivity contribution in [3.05, 3.63) is 65.5 Å². The van der Waals surface area contributed by atoms with E-state index in [4.69, 9.17) is 0 Å². The number of nitrogens with one attached hydrogen (secondary N) is 1.